The van der Waals surface area contributed by atoms with Crippen molar-refractivity contribution in [2.75, 3.05) is 72.2 Å². The van der Waals surface area contributed by atoms with Crippen molar-refractivity contribution in [1.29, 1.82) is 0 Å². The van der Waals surface area contributed by atoms with Crippen LogP contribution in [0.2, 0.25) is 0 Å². The normalized spacial score (nSPS) is 14.7. The predicted molar refractivity (Wildman–Crippen MR) is 170 cm³/mol. The summed E-state index contributed by atoms with van der Waals surface area (Å²) in [5.41, 5.74) is 3.43. The van der Waals surface area contributed by atoms with Gasteiger partial charge in [-0.3, -0.25) is 4.79 Å². The van der Waals surface area contributed by atoms with Gasteiger partial charge in [0, 0.05) is 25.2 Å². The molecule has 0 radical (unpaired) electrons. The first-order valence-corrected chi connectivity index (χ1v) is 16.9. The fourth-order valence-corrected chi connectivity index (χ4v) is 6.05. The Morgan fingerprint density at radius 3 is 1.93 bits per heavy atom. The number of methoxy groups -OCH3 is 3. The van der Waals surface area contributed by atoms with Gasteiger partial charge in [-0.05, 0) is 113 Å². The molecule has 2 aromatic carbocycles. The van der Waals surface area contributed by atoms with Gasteiger partial charge in [0.05, 0.1) is 27.6 Å². The third kappa shape index (κ3) is 11.2. The van der Waals surface area contributed by atoms with Crippen molar-refractivity contribution >= 4 is 21.7 Å². The van der Waals surface area contributed by atoms with Crippen LogP contribution in [0.1, 0.15) is 55.2 Å². The number of hydrogen-bond acceptors (Lipinski definition) is 9. The smallest absolute Gasteiger partial charge is 0.306 e. The van der Waals surface area contributed by atoms with Crippen LogP contribution in [0.25, 0.3) is 0 Å². The number of carbonyl (C=O) groups excluding carboxylic acids is 1. The second-order valence-corrected chi connectivity index (χ2v) is 12.8. The third-order valence-corrected chi connectivity index (χ3v) is 8.24. The van der Waals surface area contributed by atoms with Gasteiger partial charge in [0.25, 0.3) is 0 Å². The van der Waals surface area contributed by atoms with Crippen molar-refractivity contribution in [3.05, 3.63) is 41.0 Å². The summed E-state index contributed by atoms with van der Waals surface area (Å²) in [5, 5.41) is 3.00. The molecular formula is C32H49N3O7S. The number of nitrogens with zero attached hydrogens (tertiary/aromatic N) is 2. The molecule has 0 aromatic heterocycles. The number of unbranched alkanes of at least 4 members (excludes halogenated alkanes) is 2. The number of carbonyl (C=O) groups is 1. The molecule has 1 aliphatic heterocycles. The number of benzene rings is 2. The van der Waals surface area contributed by atoms with Gasteiger partial charge < -0.3 is 33.5 Å². The largest absolute Gasteiger partial charge is 0.493 e. The minimum atomic E-state index is -3.60. The van der Waals surface area contributed by atoms with E-state index in [4.69, 9.17) is 18.4 Å². The molecule has 10 nitrogen and oxygen atoms in total. The van der Waals surface area contributed by atoms with Crippen LogP contribution < -0.4 is 23.7 Å². The lowest BCUT2D eigenvalue weighted by Crippen LogP contribution is -2.32. The molecule has 0 atom stereocenters. The van der Waals surface area contributed by atoms with Gasteiger partial charge >= 0.3 is 10.1 Å². The summed E-state index contributed by atoms with van der Waals surface area (Å²) in [7, 11) is 1.31. The molecule has 1 saturated heterocycles. The maximum atomic E-state index is 12.7. The van der Waals surface area contributed by atoms with Crippen LogP contribution in [0.4, 0.5) is 5.69 Å². The molecule has 240 valence electrons. The lowest BCUT2D eigenvalue weighted by atomic mass is 10.1. The zero-order chi connectivity index (χ0) is 31.4. The highest BCUT2D eigenvalue weighted by Crippen LogP contribution is 2.38. The topological polar surface area (TPSA) is 107 Å². The van der Waals surface area contributed by atoms with E-state index in [2.05, 4.69) is 15.1 Å². The average molecular weight is 620 g/mol. The lowest BCUT2D eigenvalue weighted by molar-refractivity contribution is -0.116. The molecule has 3 rings (SSSR count). The Morgan fingerprint density at radius 2 is 1.40 bits per heavy atom. The number of nitrogens with one attached hydrogen (secondary N) is 1. The summed E-state index contributed by atoms with van der Waals surface area (Å²) in [5.74, 6) is 2.24. The SMILES string of the molecule is COc1cc(CCCCCN2CCCN(CCCC(=O)Nc3c(C)cc(OS(C)(=O)=O)cc3C)CC2)cc(OC)c1OC. The number of rotatable bonds is 16. The fourth-order valence-electron chi connectivity index (χ4n) is 5.60. The molecule has 43 heavy (non-hydrogen) atoms. The zero-order valence-corrected chi connectivity index (χ0v) is 27.5. The summed E-state index contributed by atoms with van der Waals surface area (Å²) in [6, 6.07) is 7.32. The van der Waals surface area contributed by atoms with Crippen LogP contribution in [-0.4, -0.2) is 91.0 Å². The van der Waals surface area contributed by atoms with Crippen LogP contribution in [-0.2, 0) is 21.3 Å². The Balaban J connectivity index is 1.34. The van der Waals surface area contributed by atoms with Crippen molar-refractivity contribution in [2.45, 2.75) is 58.8 Å². The predicted octanol–water partition coefficient (Wildman–Crippen LogP) is 4.81. The van der Waals surface area contributed by atoms with E-state index in [1.165, 1.54) is 18.4 Å². The minimum absolute atomic E-state index is 0.0362. The highest BCUT2D eigenvalue weighted by molar-refractivity contribution is 7.86. The van der Waals surface area contributed by atoms with E-state index in [1.54, 1.807) is 33.5 Å². The highest BCUT2D eigenvalue weighted by Gasteiger charge is 2.17. The maximum Gasteiger partial charge on any atom is 0.306 e. The average Bonchev–Trinajstić information content (AvgIpc) is 3.18. The summed E-state index contributed by atoms with van der Waals surface area (Å²) < 4.78 is 44.2. The molecule has 0 unspecified atom stereocenters. The van der Waals surface area contributed by atoms with Gasteiger partial charge in [-0.1, -0.05) is 6.42 Å². The van der Waals surface area contributed by atoms with E-state index < -0.39 is 10.1 Å². The standard InChI is InChI=1S/C32H49N3O7S/c1-24-20-27(42-43(6,37)38)21-25(2)31(24)33-30(36)13-10-15-35-17-11-16-34(18-19-35)14-9-7-8-12-26-22-28(39-3)32(41-5)29(23-26)40-4/h20-23H,7-19H2,1-6H3,(H,33,36). The molecule has 0 saturated carbocycles. The van der Waals surface area contributed by atoms with E-state index in [0.29, 0.717) is 29.4 Å². The Labute approximate surface area is 257 Å². The van der Waals surface area contributed by atoms with Crippen molar-refractivity contribution in [2.24, 2.45) is 0 Å². The second-order valence-electron chi connectivity index (χ2n) is 11.3. The molecule has 1 fully saturated rings. The maximum absolute atomic E-state index is 12.7. The third-order valence-electron chi connectivity index (χ3n) is 7.74. The summed E-state index contributed by atoms with van der Waals surface area (Å²) in [6.07, 6.45) is 7.80. The molecule has 1 N–H and O–H groups in total. The second kappa shape index (κ2) is 16.7. The van der Waals surface area contributed by atoms with E-state index in [-0.39, 0.29) is 11.7 Å². The quantitative estimate of drug-likeness (QED) is 0.209. The molecule has 1 amide bonds. The Kier molecular flexibility index (Phi) is 13.4. The monoisotopic (exact) mass is 619 g/mol. The molecule has 11 heteroatoms. The van der Waals surface area contributed by atoms with Crippen LogP contribution in [0.15, 0.2) is 24.3 Å². The summed E-state index contributed by atoms with van der Waals surface area (Å²) in [6.45, 7) is 9.91. The van der Waals surface area contributed by atoms with Gasteiger partial charge in [0.1, 0.15) is 5.75 Å². The number of ether oxygens (including phenoxy) is 3. The lowest BCUT2D eigenvalue weighted by Gasteiger charge is -2.22. The first kappa shape index (κ1) is 34.5. The molecule has 1 aliphatic rings. The molecule has 0 aliphatic carbocycles. The van der Waals surface area contributed by atoms with Gasteiger partial charge in [0.15, 0.2) is 11.5 Å². The van der Waals surface area contributed by atoms with E-state index >= 15 is 0 Å². The Hall–Kier alpha value is -3.02. The van der Waals surface area contributed by atoms with Gasteiger partial charge in [-0.25, -0.2) is 0 Å². The summed E-state index contributed by atoms with van der Waals surface area (Å²) >= 11 is 0. The van der Waals surface area contributed by atoms with Crippen molar-refractivity contribution in [1.82, 2.24) is 9.80 Å². The van der Waals surface area contributed by atoms with E-state index in [9.17, 15) is 13.2 Å². The highest BCUT2D eigenvalue weighted by atomic mass is 32.2. The van der Waals surface area contributed by atoms with Crippen LogP contribution in [0.5, 0.6) is 23.0 Å². The van der Waals surface area contributed by atoms with Crippen LogP contribution >= 0.6 is 0 Å². The fraction of sp³-hybridized carbons (Fsp3) is 0.594. The molecule has 0 bridgehead atoms. The van der Waals surface area contributed by atoms with Crippen molar-refractivity contribution in [3.8, 4) is 23.0 Å². The van der Waals surface area contributed by atoms with Gasteiger partial charge in [-0.15, -0.1) is 0 Å². The molecule has 0 spiro atoms. The van der Waals surface area contributed by atoms with E-state index in [1.807, 2.05) is 26.0 Å². The number of hydrogen-bond donors (Lipinski definition) is 1. The first-order valence-electron chi connectivity index (χ1n) is 15.1. The van der Waals surface area contributed by atoms with Crippen LogP contribution in [0.3, 0.4) is 0 Å². The first-order chi connectivity index (χ1) is 20.5. The Morgan fingerprint density at radius 1 is 0.814 bits per heavy atom. The van der Waals surface area contributed by atoms with Crippen molar-refractivity contribution in [3.63, 3.8) is 0 Å². The number of anilines is 1. The van der Waals surface area contributed by atoms with Crippen molar-refractivity contribution < 1.29 is 31.6 Å². The molecule has 2 aromatic rings. The minimum Gasteiger partial charge on any atom is -0.493 e. The number of amides is 1. The van der Waals surface area contributed by atoms with Gasteiger partial charge in [0.2, 0.25) is 11.7 Å². The Bertz CT molecular complexity index is 1270. The zero-order valence-electron chi connectivity index (χ0n) is 26.7. The molecular weight excluding hydrogens is 570 g/mol. The van der Waals surface area contributed by atoms with Gasteiger partial charge in [-0.2, -0.15) is 8.42 Å². The molecule has 1 heterocycles. The summed E-state index contributed by atoms with van der Waals surface area (Å²) in [4.78, 5) is 17.7. The van der Waals surface area contributed by atoms with E-state index in [0.717, 1.165) is 82.3 Å². The van der Waals surface area contributed by atoms with Crippen LogP contribution in [0, 0.1) is 13.8 Å². The number of aryl methyl sites for hydroxylation is 3.